The maximum absolute atomic E-state index is 12.6. The van der Waals surface area contributed by atoms with Crippen LogP contribution >= 0.6 is 27.5 Å². The van der Waals surface area contributed by atoms with E-state index in [1.807, 2.05) is 0 Å². The lowest BCUT2D eigenvalue weighted by Crippen LogP contribution is -2.25. The standard InChI is InChI=1S/C19H13BrClN3O4/c1-10(25)11-2-7-14(21)15(8-11)22-19(28)18-16(26)9-17(27)24(23-18)13-5-3-12(20)4-6-13/h2-9,26H,1H3,(H,22,28). The van der Waals surface area contributed by atoms with Crippen LogP contribution in [0.15, 0.2) is 57.8 Å². The minimum Gasteiger partial charge on any atom is -0.505 e. The Bertz CT molecular complexity index is 1140. The number of aromatic nitrogens is 2. The summed E-state index contributed by atoms with van der Waals surface area (Å²) in [5, 5.41) is 16.7. The van der Waals surface area contributed by atoms with Gasteiger partial charge in [-0.1, -0.05) is 27.5 Å². The van der Waals surface area contributed by atoms with Crippen LogP contribution in [-0.2, 0) is 0 Å². The highest BCUT2D eigenvalue weighted by Crippen LogP contribution is 2.25. The molecule has 1 aromatic heterocycles. The van der Waals surface area contributed by atoms with Crippen molar-refractivity contribution in [3.05, 3.63) is 79.6 Å². The summed E-state index contributed by atoms with van der Waals surface area (Å²) in [5.41, 5.74) is -0.0164. The van der Waals surface area contributed by atoms with Crippen molar-refractivity contribution in [2.45, 2.75) is 6.92 Å². The van der Waals surface area contributed by atoms with Gasteiger partial charge in [-0.25, -0.2) is 0 Å². The number of anilines is 1. The molecule has 0 saturated heterocycles. The summed E-state index contributed by atoms with van der Waals surface area (Å²) in [4.78, 5) is 36.3. The van der Waals surface area contributed by atoms with E-state index in [1.54, 1.807) is 24.3 Å². The van der Waals surface area contributed by atoms with Crippen LogP contribution in [0.25, 0.3) is 5.69 Å². The molecule has 0 atom stereocenters. The third-order valence-corrected chi connectivity index (χ3v) is 4.68. The van der Waals surface area contributed by atoms with E-state index in [9.17, 15) is 19.5 Å². The van der Waals surface area contributed by atoms with Crippen molar-refractivity contribution in [2.24, 2.45) is 0 Å². The molecular formula is C19H13BrClN3O4. The van der Waals surface area contributed by atoms with Crippen LogP contribution in [0, 0.1) is 0 Å². The Morgan fingerprint density at radius 2 is 1.82 bits per heavy atom. The number of aromatic hydroxyl groups is 1. The number of carbonyl (C=O) groups is 2. The van der Waals surface area contributed by atoms with Crippen LogP contribution in [0.1, 0.15) is 27.8 Å². The molecule has 142 valence electrons. The molecule has 1 heterocycles. The second-order valence-corrected chi connectivity index (χ2v) is 7.13. The summed E-state index contributed by atoms with van der Waals surface area (Å²) in [5.74, 6) is -1.56. The van der Waals surface area contributed by atoms with Gasteiger partial charge in [-0.2, -0.15) is 9.78 Å². The molecule has 2 aromatic carbocycles. The molecule has 2 N–H and O–H groups in total. The topological polar surface area (TPSA) is 101 Å². The number of benzene rings is 2. The third-order valence-electron chi connectivity index (χ3n) is 3.82. The molecule has 28 heavy (non-hydrogen) atoms. The Morgan fingerprint density at radius 3 is 2.46 bits per heavy atom. The fraction of sp³-hybridized carbons (Fsp3) is 0.0526. The van der Waals surface area contributed by atoms with E-state index in [1.165, 1.54) is 25.1 Å². The molecule has 0 bridgehead atoms. The van der Waals surface area contributed by atoms with E-state index >= 15 is 0 Å². The Kier molecular flexibility index (Phi) is 5.62. The molecule has 0 aliphatic heterocycles. The summed E-state index contributed by atoms with van der Waals surface area (Å²) >= 11 is 9.37. The number of Topliss-reactive ketones (excluding diaryl/α,β-unsaturated/α-hetero) is 1. The predicted octanol–water partition coefficient (Wildman–Crippen LogP) is 3.81. The van der Waals surface area contributed by atoms with Gasteiger partial charge in [0.2, 0.25) is 0 Å². The number of nitrogens with one attached hydrogen (secondary N) is 1. The van der Waals surface area contributed by atoms with Crippen LogP contribution in [0.5, 0.6) is 5.75 Å². The first-order valence-corrected chi connectivity index (χ1v) is 9.14. The number of halogens is 2. The van der Waals surface area contributed by atoms with Crippen molar-refractivity contribution in [1.82, 2.24) is 9.78 Å². The molecule has 0 unspecified atom stereocenters. The lowest BCUT2D eigenvalue weighted by Gasteiger charge is -2.11. The smallest absolute Gasteiger partial charge is 0.280 e. The molecule has 3 rings (SSSR count). The van der Waals surface area contributed by atoms with Crippen LogP contribution in [0.4, 0.5) is 5.69 Å². The molecule has 0 fully saturated rings. The molecule has 0 saturated carbocycles. The summed E-state index contributed by atoms with van der Waals surface area (Å²) in [7, 11) is 0. The van der Waals surface area contributed by atoms with Gasteiger partial charge in [-0.3, -0.25) is 14.4 Å². The average molecular weight is 463 g/mol. The zero-order chi connectivity index (χ0) is 20.4. The van der Waals surface area contributed by atoms with Crippen LogP contribution in [0.2, 0.25) is 5.02 Å². The first-order valence-electron chi connectivity index (χ1n) is 7.97. The SMILES string of the molecule is CC(=O)c1ccc(Cl)c(NC(=O)c2nn(-c3ccc(Br)cc3)c(=O)cc2O)c1. The molecule has 7 nitrogen and oxygen atoms in total. The van der Waals surface area contributed by atoms with Gasteiger partial charge in [0.1, 0.15) is 0 Å². The lowest BCUT2D eigenvalue weighted by atomic mass is 10.1. The van der Waals surface area contributed by atoms with Crippen molar-refractivity contribution in [2.75, 3.05) is 5.32 Å². The largest absolute Gasteiger partial charge is 0.505 e. The third kappa shape index (κ3) is 4.13. The van der Waals surface area contributed by atoms with Crippen LogP contribution < -0.4 is 10.9 Å². The Hall–Kier alpha value is -2.97. The molecular weight excluding hydrogens is 450 g/mol. The van der Waals surface area contributed by atoms with E-state index in [2.05, 4.69) is 26.3 Å². The van der Waals surface area contributed by atoms with E-state index < -0.39 is 17.2 Å². The maximum atomic E-state index is 12.6. The summed E-state index contributed by atoms with van der Waals surface area (Å²) in [6, 6.07) is 12.0. The van der Waals surface area contributed by atoms with E-state index in [4.69, 9.17) is 11.6 Å². The number of nitrogens with zero attached hydrogens (tertiary/aromatic N) is 2. The van der Waals surface area contributed by atoms with Gasteiger partial charge >= 0.3 is 0 Å². The predicted molar refractivity (Wildman–Crippen MR) is 109 cm³/mol. The highest BCUT2D eigenvalue weighted by molar-refractivity contribution is 9.10. The van der Waals surface area contributed by atoms with Crippen molar-refractivity contribution in [1.29, 1.82) is 0 Å². The number of rotatable bonds is 4. The Morgan fingerprint density at radius 1 is 1.14 bits per heavy atom. The van der Waals surface area contributed by atoms with Gasteiger partial charge < -0.3 is 10.4 Å². The first kappa shape index (κ1) is 19.8. The Balaban J connectivity index is 1.99. The number of amides is 1. The second-order valence-electron chi connectivity index (χ2n) is 5.81. The van der Waals surface area contributed by atoms with Crippen molar-refractivity contribution in [3.63, 3.8) is 0 Å². The van der Waals surface area contributed by atoms with E-state index in [0.29, 0.717) is 11.3 Å². The number of hydrogen-bond donors (Lipinski definition) is 2. The van der Waals surface area contributed by atoms with Gasteiger partial charge in [-0.15, -0.1) is 0 Å². The van der Waals surface area contributed by atoms with E-state index in [-0.39, 0.29) is 22.2 Å². The van der Waals surface area contributed by atoms with Gasteiger partial charge in [0, 0.05) is 16.1 Å². The first-order chi connectivity index (χ1) is 13.3. The van der Waals surface area contributed by atoms with Crippen LogP contribution in [0.3, 0.4) is 0 Å². The zero-order valence-electron chi connectivity index (χ0n) is 14.4. The molecule has 0 aliphatic rings. The molecule has 0 spiro atoms. The van der Waals surface area contributed by atoms with Gasteiger partial charge in [-0.05, 0) is 49.4 Å². The van der Waals surface area contributed by atoms with Gasteiger partial charge in [0.05, 0.1) is 16.4 Å². The average Bonchev–Trinajstić information content (AvgIpc) is 2.64. The Labute approximate surface area is 172 Å². The summed E-state index contributed by atoms with van der Waals surface area (Å²) in [6.45, 7) is 1.39. The highest BCUT2D eigenvalue weighted by Gasteiger charge is 2.18. The zero-order valence-corrected chi connectivity index (χ0v) is 16.8. The summed E-state index contributed by atoms with van der Waals surface area (Å²) < 4.78 is 1.80. The van der Waals surface area contributed by atoms with Crippen molar-refractivity contribution >= 4 is 44.9 Å². The fourth-order valence-corrected chi connectivity index (χ4v) is 2.83. The summed E-state index contributed by atoms with van der Waals surface area (Å²) in [6.07, 6.45) is 0. The van der Waals surface area contributed by atoms with Crippen LogP contribution in [-0.4, -0.2) is 26.6 Å². The number of ketones is 1. The molecule has 3 aromatic rings. The fourth-order valence-electron chi connectivity index (χ4n) is 2.40. The molecule has 1 amide bonds. The minimum absolute atomic E-state index is 0.182. The molecule has 9 heteroatoms. The lowest BCUT2D eigenvalue weighted by molar-refractivity contribution is 0.100. The van der Waals surface area contributed by atoms with E-state index in [0.717, 1.165) is 15.2 Å². The minimum atomic E-state index is -0.786. The monoisotopic (exact) mass is 461 g/mol. The highest BCUT2D eigenvalue weighted by atomic mass is 79.9. The second kappa shape index (κ2) is 7.95. The number of carbonyl (C=O) groups excluding carboxylic acids is 2. The van der Waals surface area contributed by atoms with Crippen molar-refractivity contribution in [3.8, 4) is 11.4 Å². The van der Waals surface area contributed by atoms with Crippen molar-refractivity contribution < 1.29 is 14.7 Å². The number of hydrogen-bond acceptors (Lipinski definition) is 5. The van der Waals surface area contributed by atoms with Gasteiger partial charge in [0.25, 0.3) is 11.5 Å². The van der Waals surface area contributed by atoms with Gasteiger partial charge in [0.15, 0.2) is 17.2 Å². The quantitative estimate of drug-likeness (QED) is 0.574. The normalized spacial score (nSPS) is 10.5. The molecule has 0 aliphatic carbocycles. The maximum Gasteiger partial charge on any atom is 0.280 e. The molecule has 0 radical (unpaired) electrons.